The summed E-state index contributed by atoms with van der Waals surface area (Å²) < 4.78 is 11.9. The van der Waals surface area contributed by atoms with Crippen LogP contribution in [-0.4, -0.2) is 17.3 Å². The van der Waals surface area contributed by atoms with Crippen molar-refractivity contribution in [3.05, 3.63) is 256 Å². The molecule has 1 aliphatic rings. The first-order valence-corrected chi connectivity index (χ1v) is 19.2. The van der Waals surface area contributed by atoms with Gasteiger partial charge in [0.1, 0.15) is 17.2 Å². The smallest absolute Gasteiger partial charge is 0.152 e. The summed E-state index contributed by atoms with van der Waals surface area (Å²) in [6.45, 7) is 2.12. The van der Waals surface area contributed by atoms with Crippen molar-refractivity contribution < 1.29 is 19.7 Å². The van der Waals surface area contributed by atoms with Crippen LogP contribution in [0.3, 0.4) is 0 Å². The lowest BCUT2D eigenvalue weighted by atomic mass is 9.66. The highest BCUT2D eigenvalue weighted by Crippen LogP contribution is 2.56. The average molecular weight is 743 g/mol. The van der Waals surface area contributed by atoms with E-state index >= 15 is 0 Å². The Hall–Kier alpha value is -6.72. The quantitative estimate of drug-likeness (QED) is 0.146. The Kier molecular flexibility index (Phi) is 9.09. The molecule has 2 unspecified atom stereocenters. The highest BCUT2D eigenvalue weighted by molar-refractivity contribution is 5.86. The number of aryl methyl sites for hydroxylation is 1. The van der Waals surface area contributed by atoms with Crippen molar-refractivity contribution in [3.63, 3.8) is 0 Å². The maximum absolute atomic E-state index is 13.2. The molecule has 1 aliphatic carbocycles. The van der Waals surface area contributed by atoms with Gasteiger partial charge < -0.3 is 19.7 Å². The lowest BCUT2D eigenvalue weighted by molar-refractivity contribution is -0.113. The molecule has 0 amide bonds. The Morgan fingerprint density at radius 3 is 1.18 bits per heavy atom. The van der Waals surface area contributed by atoms with Crippen LogP contribution in [0, 0.1) is 6.92 Å². The van der Waals surface area contributed by atoms with Crippen LogP contribution < -0.4 is 9.47 Å². The third kappa shape index (κ3) is 5.76. The van der Waals surface area contributed by atoms with Crippen LogP contribution in [0.1, 0.15) is 50.1 Å². The molecule has 2 N–H and O–H groups in total. The number of hydrogen-bond donors (Lipinski definition) is 2. The van der Waals surface area contributed by atoms with Crippen LogP contribution in [0.4, 0.5) is 0 Å². The van der Waals surface area contributed by atoms with Gasteiger partial charge in [-0.15, -0.1) is 0 Å². The number of rotatable bonds is 10. The van der Waals surface area contributed by atoms with Gasteiger partial charge in [0, 0.05) is 0 Å². The zero-order valence-electron chi connectivity index (χ0n) is 31.8. The van der Waals surface area contributed by atoms with E-state index in [1.165, 1.54) is 33.4 Å². The topological polar surface area (TPSA) is 58.9 Å². The Labute approximate surface area is 333 Å². The molecule has 4 heteroatoms. The van der Waals surface area contributed by atoms with Gasteiger partial charge in [0.2, 0.25) is 0 Å². The Morgan fingerprint density at radius 2 is 0.737 bits per heavy atom. The van der Waals surface area contributed by atoms with E-state index in [1.807, 2.05) is 97.1 Å². The molecule has 0 fully saturated rings. The summed E-state index contributed by atoms with van der Waals surface area (Å²) >= 11 is 0. The maximum atomic E-state index is 13.2. The summed E-state index contributed by atoms with van der Waals surface area (Å²) in [4.78, 5) is 0. The van der Waals surface area contributed by atoms with Crippen LogP contribution in [0.5, 0.6) is 17.2 Å². The number of hydrogen-bond acceptors (Lipinski definition) is 4. The van der Waals surface area contributed by atoms with Crippen molar-refractivity contribution >= 4 is 0 Å². The summed E-state index contributed by atoms with van der Waals surface area (Å²) in [6.07, 6.45) is 0. The summed E-state index contributed by atoms with van der Waals surface area (Å²) in [6, 6.07) is 67.9. The van der Waals surface area contributed by atoms with E-state index in [0.717, 1.165) is 5.56 Å². The van der Waals surface area contributed by atoms with E-state index in [4.69, 9.17) is 9.47 Å². The first-order valence-electron chi connectivity index (χ1n) is 19.2. The van der Waals surface area contributed by atoms with E-state index in [2.05, 4.69) is 91.9 Å². The van der Waals surface area contributed by atoms with Crippen LogP contribution >= 0.6 is 0 Å². The minimum atomic E-state index is -1.91. The molecule has 0 bridgehead atoms. The van der Waals surface area contributed by atoms with Gasteiger partial charge in [-0.3, -0.25) is 0 Å². The number of methoxy groups -OCH3 is 1. The van der Waals surface area contributed by atoms with Crippen LogP contribution in [0.15, 0.2) is 206 Å². The Morgan fingerprint density at radius 1 is 0.386 bits per heavy atom. The normalized spacial score (nSPS) is 14.7. The first-order chi connectivity index (χ1) is 27.9. The fourth-order valence-corrected chi connectivity index (χ4v) is 8.86. The van der Waals surface area contributed by atoms with Crippen LogP contribution in [0.2, 0.25) is 0 Å². The summed E-state index contributed by atoms with van der Waals surface area (Å²) in [7, 11) is 1.60. The molecule has 0 saturated carbocycles. The zero-order chi connectivity index (χ0) is 39.0. The summed E-state index contributed by atoms with van der Waals surface area (Å²) in [5.41, 5.74) is 6.37. The zero-order valence-corrected chi connectivity index (χ0v) is 31.8. The second kappa shape index (κ2) is 14.4. The number of fused-ring (bicyclic) bond motifs is 3. The minimum absolute atomic E-state index is 0.497. The van der Waals surface area contributed by atoms with E-state index in [9.17, 15) is 10.2 Å². The SMILES string of the molecule is COc1ccc(C(O)(c2ccccc2)C(O)(c2ccccc2)c2ccc(Oc3ccc(C4(c5ccc(C)cc5)c5ccccc5-c5ccccc54)cc3)cc2)cc1. The molecule has 0 aromatic heterocycles. The van der Waals surface area contributed by atoms with E-state index in [-0.39, 0.29) is 0 Å². The molecule has 4 nitrogen and oxygen atoms in total. The molecule has 9 rings (SSSR count). The lowest BCUT2D eigenvalue weighted by Crippen LogP contribution is -2.51. The van der Waals surface area contributed by atoms with Gasteiger partial charge >= 0.3 is 0 Å². The molecule has 8 aromatic carbocycles. The van der Waals surface area contributed by atoms with Gasteiger partial charge in [-0.25, -0.2) is 0 Å². The van der Waals surface area contributed by atoms with Crippen molar-refractivity contribution in [2.45, 2.75) is 23.5 Å². The third-order valence-electron chi connectivity index (χ3n) is 11.6. The van der Waals surface area contributed by atoms with Gasteiger partial charge in [0.15, 0.2) is 11.2 Å². The summed E-state index contributed by atoms with van der Waals surface area (Å²) in [5, 5.41) is 26.3. The minimum Gasteiger partial charge on any atom is -0.497 e. The van der Waals surface area contributed by atoms with Crippen molar-refractivity contribution in [2.75, 3.05) is 7.11 Å². The van der Waals surface area contributed by atoms with E-state index < -0.39 is 16.6 Å². The second-order valence-electron chi connectivity index (χ2n) is 14.7. The molecule has 8 aromatic rings. The van der Waals surface area contributed by atoms with Crippen LogP contribution in [0.25, 0.3) is 11.1 Å². The number of aliphatic hydroxyl groups is 2. The monoisotopic (exact) mass is 742 g/mol. The third-order valence-corrected chi connectivity index (χ3v) is 11.6. The van der Waals surface area contributed by atoms with Gasteiger partial charge in [-0.1, -0.05) is 175 Å². The molecule has 0 saturated heterocycles. The Balaban J connectivity index is 1.10. The fraction of sp³-hybridized carbons (Fsp3) is 0.0943. The van der Waals surface area contributed by atoms with Crippen LogP contribution in [-0.2, 0) is 16.6 Å². The molecule has 2 atom stereocenters. The van der Waals surface area contributed by atoms with Crippen molar-refractivity contribution in [3.8, 4) is 28.4 Å². The van der Waals surface area contributed by atoms with Gasteiger partial charge in [0.25, 0.3) is 0 Å². The highest BCUT2D eigenvalue weighted by Gasteiger charge is 2.54. The van der Waals surface area contributed by atoms with Gasteiger partial charge in [0.05, 0.1) is 12.5 Å². The largest absolute Gasteiger partial charge is 0.497 e. The molecule has 0 heterocycles. The predicted octanol–water partition coefficient (Wildman–Crippen LogP) is 11.3. The van der Waals surface area contributed by atoms with Gasteiger partial charge in [-0.05, 0) is 99.0 Å². The standard InChI is InChI=1S/C53H42O4/c1-37-21-23-38(24-22-37)51(49-19-11-9-17-47(49)48-18-10-12-20-50(48)51)39-25-33-45(34-26-39)57-46-35-29-43(30-36-46)53(55,41-15-7-4-8-16-41)52(54,40-13-5-3-6-14-40)42-27-31-44(56-2)32-28-42/h3-36,54-55H,1-2H3. The lowest BCUT2D eigenvalue weighted by Gasteiger charge is -2.45. The highest BCUT2D eigenvalue weighted by atomic mass is 16.5. The summed E-state index contributed by atoms with van der Waals surface area (Å²) in [5.74, 6) is 1.93. The maximum Gasteiger partial charge on any atom is 0.152 e. The molecule has 57 heavy (non-hydrogen) atoms. The van der Waals surface area contributed by atoms with Gasteiger partial charge in [-0.2, -0.15) is 0 Å². The molecular formula is C53H42O4. The van der Waals surface area contributed by atoms with Crippen molar-refractivity contribution in [2.24, 2.45) is 0 Å². The molecule has 0 aliphatic heterocycles. The average Bonchev–Trinajstić information content (AvgIpc) is 3.58. The fourth-order valence-electron chi connectivity index (χ4n) is 8.86. The number of benzene rings is 8. The first kappa shape index (κ1) is 35.9. The predicted molar refractivity (Wildman–Crippen MR) is 227 cm³/mol. The second-order valence-corrected chi connectivity index (χ2v) is 14.7. The molecular weight excluding hydrogens is 701 g/mol. The molecule has 0 radical (unpaired) electrons. The number of ether oxygens (including phenoxy) is 2. The van der Waals surface area contributed by atoms with Crippen molar-refractivity contribution in [1.29, 1.82) is 0 Å². The van der Waals surface area contributed by atoms with Crippen molar-refractivity contribution in [1.82, 2.24) is 0 Å². The molecule has 278 valence electrons. The van der Waals surface area contributed by atoms with E-state index in [0.29, 0.717) is 39.5 Å². The van der Waals surface area contributed by atoms with E-state index in [1.54, 1.807) is 31.4 Å². The molecule has 0 spiro atoms. The Bertz CT molecular complexity index is 2590.